The van der Waals surface area contributed by atoms with Gasteiger partial charge in [-0.3, -0.25) is 19.9 Å². The number of carbonyl (C=O) groups is 2. The molecule has 0 saturated heterocycles. The zero-order valence-electron chi connectivity index (χ0n) is 62.6. The van der Waals surface area contributed by atoms with Crippen molar-refractivity contribution in [2.75, 3.05) is 27.4 Å². The second-order valence-electron chi connectivity index (χ2n) is 26.7. The van der Waals surface area contributed by atoms with Crippen molar-refractivity contribution in [1.82, 2.24) is 39.9 Å². The molecule has 19 nitrogen and oxygen atoms in total. The number of hydrogen-bond acceptors (Lipinski definition) is 16. The van der Waals surface area contributed by atoms with Gasteiger partial charge in [0.25, 0.3) is 0 Å². The topological polar surface area (TPSA) is 266 Å². The molecule has 6 aromatic rings. The van der Waals surface area contributed by atoms with Crippen molar-refractivity contribution in [1.29, 1.82) is 0 Å². The summed E-state index contributed by atoms with van der Waals surface area (Å²) in [5.74, 6) is 0.932. The smallest absolute Gasteiger partial charge is 0 e. The Labute approximate surface area is 601 Å². The standard InChI is InChI=1S/C34H43BrN4O3.C34H44N4O3.2C3H8.2CO2.CH4.BHNS.2Es/c1-10-18-19(11-2)29-31(41-9)24-17-34(7,8)26(37-24)15-22-20(12-3)27(32(40)42-13-4)30(39-22)28(35)23-16-33(5,6)25(36-23)14-21(18)38-29;1-10-20-21(11-2)30-31(40-9)26-18-34(7,8)28(37-26)16-24-22(12-3)29(32(39)41-13-4)25(36-24)14-19-17-33(5,6)27(35-19)15-23(20)38-30;2*1-3-2;2*2-1-3;;1-2-3;;/h14-15,38-39H,10-13,16-17H2,1-9H3;14-16,36,38H,10-13,17-18H2,1-9H3;2*3H2,1-2H3;;;1H4;3H;;. The van der Waals surface area contributed by atoms with Crippen molar-refractivity contribution in [3.63, 3.8) is 0 Å². The predicted molar refractivity (Wildman–Crippen MR) is 404 cm³/mol. The van der Waals surface area contributed by atoms with Gasteiger partial charge < -0.3 is 38.9 Å². The predicted octanol–water partition coefficient (Wildman–Crippen LogP) is 17.7. The second-order valence-corrected chi connectivity index (χ2v) is 27.8. The van der Waals surface area contributed by atoms with Gasteiger partial charge in [0.15, 0.2) is 11.5 Å². The first-order valence-electron chi connectivity index (χ1n) is 34.2. The average Bonchev–Trinajstić information content (AvgIpc) is 1.61. The van der Waals surface area contributed by atoms with E-state index in [1.54, 1.807) is 14.2 Å². The van der Waals surface area contributed by atoms with E-state index in [1.165, 1.54) is 35.1 Å². The summed E-state index contributed by atoms with van der Waals surface area (Å²) in [5.41, 5.74) is 22.2. The van der Waals surface area contributed by atoms with Crippen LogP contribution in [-0.2, 0) is 115 Å². The zero-order valence-corrected chi connectivity index (χ0v) is 70.1. The number of esters is 2. The molecule has 4 aliphatic heterocycles. The molecule has 0 unspecified atom stereocenters. The molecule has 0 aromatic carbocycles. The molecule has 6 aromatic heterocycles. The van der Waals surface area contributed by atoms with Gasteiger partial charge >= 0.3 is 49.0 Å². The molecule has 0 spiro atoms. The van der Waals surface area contributed by atoms with Crippen LogP contribution in [0.3, 0.4) is 0 Å². The van der Waals surface area contributed by atoms with Crippen LogP contribution in [0, 0.1) is 0 Å². The molecule has 24 heteroatoms. The molecular weight excluding hydrogens is 1840 g/mol. The van der Waals surface area contributed by atoms with E-state index in [2.05, 4.69) is 210 Å². The monoisotopic (exact) mass is 1940 g/mol. The van der Waals surface area contributed by atoms with Crippen LogP contribution in [0.25, 0.3) is 44.1 Å². The summed E-state index contributed by atoms with van der Waals surface area (Å²) in [6.07, 6.45) is 10.9. The molecule has 0 fully saturated rings. The van der Waals surface area contributed by atoms with Crippen LogP contribution < -0.4 is 9.47 Å². The molecular formula is C77H108BBrEs2N9O10S. The molecule has 4 aliphatic rings. The average molecular weight is 1950 g/mol. The fourth-order valence-electron chi connectivity index (χ4n) is 13.1. The molecule has 10 heterocycles. The molecule has 101 heavy (non-hydrogen) atoms. The number of nitrogens with one attached hydrogen (secondary N) is 4. The van der Waals surface area contributed by atoms with Crippen molar-refractivity contribution in [3.8, 4) is 11.5 Å². The Hall–Kier alpha value is -9.77. The summed E-state index contributed by atoms with van der Waals surface area (Å²) in [7, 11) is 7.81. The molecule has 0 saturated carbocycles. The summed E-state index contributed by atoms with van der Waals surface area (Å²) in [4.78, 5) is 94.5. The van der Waals surface area contributed by atoms with Crippen molar-refractivity contribution in [2.24, 2.45) is 4.30 Å². The molecule has 4 N–H and O–H groups in total. The van der Waals surface area contributed by atoms with Gasteiger partial charge in [-0.2, -0.15) is 19.2 Å². The SMILES string of the molecule is C.CCC.CCC.CCOC(=O)c1c(CC)c2cc3nc(c(OC)c4[nH]c(cc5nc(c(Br)c1[nH]2)CC5(C)C)c(CC)c4CC)CC3(C)C.CCOC(=O)c1c(CC)c2cc3nc(c(OC)c4[nH]c(cc5nc(cc1[nH]2)CC5(C)C)c(CC)c4CC)CC3(C)C.O=C=O.O=C=O.[B]=NS.[Es].[Es]. The number of methoxy groups -OCH3 is 2. The number of nitrogens with zero attached hydrogens (tertiary/aromatic N) is 5. The van der Waals surface area contributed by atoms with Crippen LogP contribution in [-0.4, -0.2) is 99.2 Å². The van der Waals surface area contributed by atoms with Crippen LogP contribution in [0.1, 0.15) is 258 Å². The number of rotatable bonds is 12. The Kier molecular flexibility index (Phi) is 34.7. The minimum atomic E-state index is -0.336. The first kappa shape index (κ1) is 89.2. The molecule has 559 valence electrons. The summed E-state index contributed by atoms with van der Waals surface area (Å²) in [5, 5.41) is 0. The number of hydrogen-bond donors (Lipinski definition) is 5. The number of carbonyl (C=O) groups excluding carboxylic acids is 6. The first-order valence-corrected chi connectivity index (χ1v) is 35.4. The fraction of sp³-hybridized carbons (Fsp3) is 0.532. The number of aromatic nitrogens is 8. The third-order valence-corrected chi connectivity index (χ3v) is 18.3. The summed E-state index contributed by atoms with van der Waals surface area (Å²) in [6.45, 7) is 43.5. The van der Waals surface area contributed by atoms with Crippen molar-refractivity contribution in [2.45, 2.75) is 245 Å². The fourth-order valence-corrected chi connectivity index (χ4v) is 13.6. The van der Waals surface area contributed by atoms with Crippen LogP contribution in [0.4, 0.5) is 0 Å². The van der Waals surface area contributed by atoms with Gasteiger partial charge in [-0.05, 0) is 132 Å². The van der Waals surface area contributed by atoms with Crippen LogP contribution in [0.5, 0.6) is 11.5 Å². The van der Waals surface area contributed by atoms with Crippen molar-refractivity contribution >= 4 is 105 Å². The second kappa shape index (κ2) is 39.3. The number of aryl methyl sites for hydroxylation is 6. The minimum Gasteiger partial charge on any atom is 0 e. The number of ether oxygens (including phenoxy) is 4. The first-order chi connectivity index (χ1) is 46.4. The molecule has 0 amide bonds. The zero-order chi connectivity index (χ0) is 73.8. The van der Waals surface area contributed by atoms with Gasteiger partial charge in [0.1, 0.15) is 0 Å². The number of thiol groups is 1. The largest absolute Gasteiger partial charge is 0 e. The molecule has 3 radical (unpaired) electrons. The molecule has 0 aliphatic carbocycles. The normalized spacial score (nSPS) is 13.5. The van der Waals surface area contributed by atoms with Crippen molar-refractivity contribution < 1.29 is 47.7 Å². The maximum atomic E-state index is 13.4. The minimum absolute atomic E-state index is 0. The summed E-state index contributed by atoms with van der Waals surface area (Å²) >= 11 is 7.07. The Bertz CT molecular complexity index is 4240. The molecule has 10 rings (SSSR count). The van der Waals surface area contributed by atoms with Gasteiger partial charge in [-0.15, -0.1) is 0 Å². The Morgan fingerprint density at radius 1 is 0.475 bits per heavy atom. The van der Waals surface area contributed by atoms with E-state index < -0.39 is 0 Å². The number of fused-ring (bicyclic) bond motifs is 16. The van der Waals surface area contributed by atoms with E-state index in [-0.39, 0.29) is 53.3 Å². The van der Waals surface area contributed by atoms with E-state index in [4.69, 9.17) is 58.1 Å². The van der Waals surface area contributed by atoms with E-state index >= 15 is 0 Å². The molecule has 16 bridgehead atoms. The van der Waals surface area contributed by atoms with Crippen LogP contribution in [0.15, 0.2) is 39.1 Å². The third kappa shape index (κ3) is 19.8. The van der Waals surface area contributed by atoms with E-state index in [9.17, 15) is 9.59 Å². The Balaban J connectivity index is 0.000000824. The maximum absolute atomic E-state index is 13.4. The van der Waals surface area contributed by atoms with E-state index in [0.29, 0.717) is 42.7 Å². The van der Waals surface area contributed by atoms with Crippen LogP contribution >= 0.6 is 28.7 Å². The summed E-state index contributed by atoms with van der Waals surface area (Å²) < 4.78 is 26.8. The van der Waals surface area contributed by atoms with Gasteiger partial charge in [0, 0.05) is 97.9 Å². The van der Waals surface area contributed by atoms with E-state index in [0.717, 1.165) is 163 Å². The van der Waals surface area contributed by atoms with Gasteiger partial charge in [0.05, 0.1) is 82.2 Å². The van der Waals surface area contributed by atoms with Gasteiger partial charge in [-0.25, -0.2) is 9.59 Å². The third-order valence-electron chi connectivity index (χ3n) is 17.4. The number of H-pyrrole nitrogens is 4. The van der Waals surface area contributed by atoms with Gasteiger partial charge in [-0.1, -0.05) is 145 Å². The van der Waals surface area contributed by atoms with Crippen LogP contribution in [0.2, 0.25) is 0 Å². The number of halogens is 1. The Morgan fingerprint density at radius 3 is 1.11 bits per heavy atom. The number of aromatic amines is 4. The maximum Gasteiger partial charge on any atom is 0 e. The van der Waals surface area contributed by atoms with Gasteiger partial charge in [0.2, 0.25) is 0 Å². The quantitative estimate of drug-likeness (QED) is 0.0433. The van der Waals surface area contributed by atoms with Crippen molar-refractivity contribution in [3.05, 3.63) is 125 Å². The molecule has 0 atom stereocenters. The Morgan fingerprint density at radius 2 is 0.762 bits per heavy atom. The summed E-state index contributed by atoms with van der Waals surface area (Å²) in [6, 6.07) is 10.6. The van der Waals surface area contributed by atoms with E-state index in [1.807, 2.05) is 19.9 Å².